The average molecular weight is 401 g/mol. The molecular weight excluding hydrogens is 378 g/mol. The van der Waals surface area contributed by atoms with Crippen LogP contribution in [0.15, 0.2) is 18.2 Å². The van der Waals surface area contributed by atoms with E-state index in [0.717, 1.165) is 11.4 Å². The summed E-state index contributed by atoms with van der Waals surface area (Å²) in [6.45, 7) is 6.08. The minimum atomic E-state index is -0.266. The number of aromatic amines is 1. The molecule has 0 bridgehead atoms. The number of methoxy groups -OCH3 is 2. The smallest absolute Gasteiger partial charge is 0.270 e. The molecule has 148 valence electrons. The van der Waals surface area contributed by atoms with Crippen molar-refractivity contribution >= 4 is 23.2 Å². The van der Waals surface area contributed by atoms with Crippen molar-refractivity contribution in [1.29, 1.82) is 0 Å². The molecule has 1 aromatic carbocycles. The summed E-state index contributed by atoms with van der Waals surface area (Å²) >= 11 is 1.41. The van der Waals surface area contributed by atoms with Gasteiger partial charge < -0.3 is 9.47 Å². The third-order valence-corrected chi connectivity index (χ3v) is 5.18. The number of rotatable bonds is 7. The van der Waals surface area contributed by atoms with Crippen LogP contribution in [-0.2, 0) is 6.42 Å². The molecule has 2 aromatic heterocycles. The minimum absolute atomic E-state index is 0.191. The van der Waals surface area contributed by atoms with E-state index in [4.69, 9.17) is 9.47 Å². The van der Waals surface area contributed by atoms with Gasteiger partial charge in [-0.05, 0) is 25.0 Å². The van der Waals surface area contributed by atoms with Gasteiger partial charge in [0.1, 0.15) is 16.4 Å². The second-order valence-corrected chi connectivity index (χ2v) is 7.73. The lowest BCUT2D eigenvalue weighted by molar-refractivity contribution is 0.102. The number of hydrogen-bond donors (Lipinski definition) is 2. The summed E-state index contributed by atoms with van der Waals surface area (Å²) in [4.78, 5) is 22.0. The first-order valence-corrected chi connectivity index (χ1v) is 9.65. The fraction of sp³-hybridized carbons (Fsp3) is 0.368. The Hall–Kier alpha value is -2.94. The molecule has 2 N–H and O–H groups in total. The zero-order valence-corrected chi connectivity index (χ0v) is 17.3. The van der Waals surface area contributed by atoms with E-state index in [1.54, 1.807) is 26.4 Å². The van der Waals surface area contributed by atoms with Gasteiger partial charge in [-0.2, -0.15) is 4.98 Å². The number of nitrogens with zero attached hydrogens (tertiary/aromatic N) is 3. The zero-order valence-electron chi connectivity index (χ0n) is 16.5. The van der Waals surface area contributed by atoms with Gasteiger partial charge in [-0.1, -0.05) is 13.8 Å². The van der Waals surface area contributed by atoms with E-state index in [9.17, 15) is 4.79 Å². The van der Waals surface area contributed by atoms with Crippen LogP contribution in [0.25, 0.3) is 11.4 Å². The van der Waals surface area contributed by atoms with Gasteiger partial charge in [0.15, 0.2) is 5.82 Å². The van der Waals surface area contributed by atoms with Gasteiger partial charge >= 0.3 is 0 Å². The summed E-state index contributed by atoms with van der Waals surface area (Å²) in [5, 5.41) is 10.6. The Morgan fingerprint density at radius 1 is 1.25 bits per heavy atom. The second kappa shape index (κ2) is 8.39. The number of H-pyrrole nitrogens is 1. The summed E-state index contributed by atoms with van der Waals surface area (Å²) in [5.74, 6) is 2.15. The first-order valence-electron chi connectivity index (χ1n) is 8.83. The zero-order chi connectivity index (χ0) is 20.3. The van der Waals surface area contributed by atoms with Crippen LogP contribution in [0.5, 0.6) is 11.5 Å². The van der Waals surface area contributed by atoms with Crippen LogP contribution in [0.3, 0.4) is 0 Å². The van der Waals surface area contributed by atoms with E-state index in [1.807, 2.05) is 13.0 Å². The highest BCUT2D eigenvalue weighted by Crippen LogP contribution is 2.31. The third kappa shape index (κ3) is 4.30. The number of carbonyl (C=O) groups excluding carboxylic acids is 1. The third-order valence-electron chi connectivity index (χ3n) is 4.00. The van der Waals surface area contributed by atoms with Gasteiger partial charge in [0.05, 0.1) is 30.5 Å². The van der Waals surface area contributed by atoms with Gasteiger partial charge in [-0.25, -0.2) is 4.98 Å². The number of thiazole rings is 1. The SMILES string of the molecule is COc1ccc(-c2nc(NC(=O)c3sc(CC(C)C)nc3C)n[nH]2)c(OC)c1. The quantitative estimate of drug-likeness (QED) is 0.626. The van der Waals surface area contributed by atoms with Crippen LogP contribution < -0.4 is 14.8 Å². The first-order chi connectivity index (χ1) is 13.4. The number of aryl methyl sites for hydroxylation is 1. The van der Waals surface area contributed by atoms with Gasteiger partial charge in [-0.3, -0.25) is 15.2 Å². The summed E-state index contributed by atoms with van der Waals surface area (Å²) in [7, 11) is 3.16. The van der Waals surface area contributed by atoms with E-state index in [2.05, 4.69) is 39.3 Å². The molecule has 3 aromatic rings. The van der Waals surface area contributed by atoms with Crippen molar-refractivity contribution in [3.63, 3.8) is 0 Å². The molecule has 0 aliphatic rings. The molecule has 0 atom stereocenters. The number of benzene rings is 1. The molecule has 0 fully saturated rings. The minimum Gasteiger partial charge on any atom is -0.497 e. The van der Waals surface area contributed by atoms with Crippen LogP contribution in [0.2, 0.25) is 0 Å². The normalized spacial score (nSPS) is 10.9. The molecule has 0 unspecified atom stereocenters. The van der Waals surface area contributed by atoms with Crippen molar-refractivity contribution in [3.8, 4) is 22.9 Å². The van der Waals surface area contributed by atoms with Crippen LogP contribution in [0.4, 0.5) is 5.95 Å². The number of amides is 1. The topological polar surface area (TPSA) is 102 Å². The lowest BCUT2D eigenvalue weighted by atomic mass is 10.1. The molecule has 0 aliphatic carbocycles. The summed E-state index contributed by atoms with van der Waals surface area (Å²) < 4.78 is 10.6. The van der Waals surface area contributed by atoms with Gasteiger partial charge in [0.2, 0.25) is 5.95 Å². The monoisotopic (exact) mass is 401 g/mol. The van der Waals surface area contributed by atoms with Crippen molar-refractivity contribution in [2.75, 3.05) is 19.5 Å². The molecule has 0 saturated heterocycles. The Bertz CT molecular complexity index is 980. The van der Waals surface area contributed by atoms with Gasteiger partial charge in [0, 0.05) is 12.5 Å². The maximum atomic E-state index is 12.6. The molecular formula is C19H23N5O3S. The summed E-state index contributed by atoms with van der Waals surface area (Å²) in [5.41, 5.74) is 1.43. The number of carbonyl (C=O) groups is 1. The number of aromatic nitrogens is 4. The molecule has 9 heteroatoms. The predicted octanol–water partition coefficient (Wildman–Crippen LogP) is 3.70. The van der Waals surface area contributed by atoms with Crippen molar-refractivity contribution < 1.29 is 14.3 Å². The lowest BCUT2D eigenvalue weighted by Gasteiger charge is -2.07. The van der Waals surface area contributed by atoms with Crippen molar-refractivity contribution in [2.24, 2.45) is 5.92 Å². The van der Waals surface area contributed by atoms with E-state index in [1.165, 1.54) is 11.3 Å². The fourth-order valence-electron chi connectivity index (χ4n) is 2.69. The molecule has 3 rings (SSSR count). The van der Waals surface area contributed by atoms with Crippen LogP contribution in [0.1, 0.15) is 34.2 Å². The highest BCUT2D eigenvalue weighted by atomic mass is 32.1. The molecule has 2 heterocycles. The molecule has 0 spiro atoms. The highest BCUT2D eigenvalue weighted by molar-refractivity contribution is 7.13. The first kappa shape index (κ1) is 19.8. The summed E-state index contributed by atoms with van der Waals surface area (Å²) in [6, 6.07) is 5.37. The maximum Gasteiger partial charge on any atom is 0.270 e. The largest absolute Gasteiger partial charge is 0.497 e. The number of ether oxygens (including phenoxy) is 2. The standard InChI is InChI=1S/C19H23N5O3S/c1-10(2)8-15-20-11(3)16(28-15)18(25)22-19-21-17(23-24-19)13-7-6-12(26-4)9-14(13)27-5/h6-7,9-10H,8H2,1-5H3,(H2,21,22,23,24,25). The van der Waals surface area contributed by atoms with Gasteiger partial charge in [0.25, 0.3) is 5.91 Å². The summed E-state index contributed by atoms with van der Waals surface area (Å²) in [6.07, 6.45) is 0.848. The molecule has 28 heavy (non-hydrogen) atoms. The average Bonchev–Trinajstić information content (AvgIpc) is 3.27. The fourth-order valence-corrected chi connectivity index (χ4v) is 3.86. The number of hydrogen-bond acceptors (Lipinski definition) is 7. The number of anilines is 1. The van der Waals surface area contributed by atoms with E-state index >= 15 is 0 Å². The second-order valence-electron chi connectivity index (χ2n) is 6.65. The Morgan fingerprint density at radius 2 is 2.04 bits per heavy atom. The Kier molecular flexibility index (Phi) is 5.93. The lowest BCUT2D eigenvalue weighted by Crippen LogP contribution is -2.12. The molecule has 8 nitrogen and oxygen atoms in total. The predicted molar refractivity (Wildman–Crippen MR) is 108 cm³/mol. The van der Waals surface area contributed by atoms with Gasteiger partial charge in [-0.15, -0.1) is 16.4 Å². The van der Waals surface area contributed by atoms with Crippen LogP contribution >= 0.6 is 11.3 Å². The van der Waals surface area contributed by atoms with Crippen molar-refractivity contribution in [3.05, 3.63) is 33.8 Å². The van der Waals surface area contributed by atoms with Crippen molar-refractivity contribution in [2.45, 2.75) is 27.2 Å². The Balaban J connectivity index is 1.78. The maximum absolute atomic E-state index is 12.6. The van der Waals surface area contributed by atoms with E-state index in [-0.39, 0.29) is 11.9 Å². The van der Waals surface area contributed by atoms with Crippen LogP contribution in [-0.4, -0.2) is 40.3 Å². The van der Waals surface area contributed by atoms with Crippen molar-refractivity contribution in [1.82, 2.24) is 20.2 Å². The Labute approximate surface area is 167 Å². The molecule has 0 saturated carbocycles. The van der Waals surface area contributed by atoms with E-state index < -0.39 is 0 Å². The van der Waals surface area contributed by atoms with Crippen LogP contribution in [0, 0.1) is 12.8 Å². The molecule has 0 aliphatic heterocycles. The highest BCUT2D eigenvalue weighted by Gasteiger charge is 2.18. The number of nitrogens with one attached hydrogen (secondary N) is 2. The molecule has 0 radical (unpaired) electrons. The van der Waals surface area contributed by atoms with E-state index in [0.29, 0.717) is 39.4 Å². The Morgan fingerprint density at radius 3 is 2.71 bits per heavy atom. The molecule has 1 amide bonds.